The Hall–Kier alpha value is -0.890. The number of rotatable bonds is 5. The van der Waals surface area contributed by atoms with Crippen molar-refractivity contribution < 1.29 is 4.39 Å². The first-order valence-corrected chi connectivity index (χ1v) is 8.70. The van der Waals surface area contributed by atoms with Crippen molar-refractivity contribution in [3.05, 3.63) is 35.1 Å². The van der Waals surface area contributed by atoms with Crippen LogP contribution in [0.3, 0.4) is 0 Å². The number of nitrogens with one attached hydrogen (secondary N) is 1. The fourth-order valence-electron chi connectivity index (χ4n) is 5.58. The molecule has 0 amide bonds. The molecule has 3 saturated carbocycles. The normalized spacial score (nSPS) is 37.6. The summed E-state index contributed by atoms with van der Waals surface area (Å²) in [5.74, 6) is 4.62. The number of halogens is 1. The monoisotopic (exact) mass is 287 g/mol. The van der Waals surface area contributed by atoms with Gasteiger partial charge >= 0.3 is 0 Å². The molecule has 1 nitrogen and oxygen atoms in total. The molecule has 0 heterocycles. The number of aryl methyl sites for hydroxylation is 1. The summed E-state index contributed by atoms with van der Waals surface area (Å²) in [6, 6.07) is 5.80. The van der Waals surface area contributed by atoms with E-state index in [0.717, 1.165) is 48.1 Å². The molecule has 0 aliphatic heterocycles. The van der Waals surface area contributed by atoms with Crippen molar-refractivity contribution in [2.24, 2.45) is 29.6 Å². The lowest BCUT2D eigenvalue weighted by Crippen LogP contribution is -2.27. The Balaban J connectivity index is 1.60. The van der Waals surface area contributed by atoms with Crippen LogP contribution in [-0.2, 0) is 0 Å². The minimum Gasteiger partial charge on any atom is -0.310 e. The van der Waals surface area contributed by atoms with Crippen LogP contribution in [0.15, 0.2) is 18.2 Å². The van der Waals surface area contributed by atoms with Gasteiger partial charge in [-0.15, -0.1) is 0 Å². The van der Waals surface area contributed by atoms with E-state index >= 15 is 0 Å². The van der Waals surface area contributed by atoms with Crippen molar-refractivity contribution in [2.75, 3.05) is 6.54 Å². The van der Waals surface area contributed by atoms with Gasteiger partial charge in [-0.2, -0.15) is 0 Å². The van der Waals surface area contributed by atoms with Gasteiger partial charge < -0.3 is 5.32 Å². The predicted octanol–water partition coefficient (Wildman–Crippen LogP) is 4.47. The van der Waals surface area contributed by atoms with Crippen molar-refractivity contribution in [3.8, 4) is 0 Å². The Bertz CT molecular complexity index is 524. The molecule has 5 atom stereocenters. The first-order valence-electron chi connectivity index (χ1n) is 8.70. The Labute approximate surface area is 127 Å². The van der Waals surface area contributed by atoms with Crippen molar-refractivity contribution in [2.45, 2.75) is 45.6 Å². The van der Waals surface area contributed by atoms with Crippen molar-refractivity contribution in [1.29, 1.82) is 0 Å². The van der Waals surface area contributed by atoms with Gasteiger partial charge in [-0.05, 0) is 92.0 Å². The summed E-state index contributed by atoms with van der Waals surface area (Å²) >= 11 is 0. The van der Waals surface area contributed by atoms with Gasteiger partial charge in [0.05, 0.1) is 0 Å². The molecule has 3 aliphatic carbocycles. The Kier molecular flexibility index (Phi) is 3.33. The molecule has 2 heteroatoms. The first kappa shape index (κ1) is 13.8. The molecule has 0 spiro atoms. The van der Waals surface area contributed by atoms with Crippen molar-refractivity contribution >= 4 is 0 Å². The zero-order chi connectivity index (χ0) is 14.6. The van der Waals surface area contributed by atoms with Crippen LogP contribution in [0.2, 0.25) is 0 Å². The van der Waals surface area contributed by atoms with Crippen molar-refractivity contribution in [3.63, 3.8) is 0 Å². The summed E-state index contributed by atoms with van der Waals surface area (Å²) < 4.78 is 13.4. The number of benzene rings is 1. The fraction of sp³-hybridized carbons (Fsp3) is 0.684. The summed E-state index contributed by atoms with van der Waals surface area (Å²) in [4.78, 5) is 0. The number of hydrogen-bond acceptors (Lipinski definition) is 1. The highest BCUT2D eigenvalue weighted by Gasteiger charge is 2.66. The van der Waals surface area contributed by atoms with E-state index in [0.29, 0.717) is 6.04 Å². The molecular weight excluding hydrogens is 261 g/mol. The summed E-state index contributed by atoms with van der Waals surface area (Å²) in [6.07, 6.45) is 5.58. The van der Waals surface area contributed by atoms with Crippen molar-refractivity contribution in [1.82, 2.24) is 5.32 Å². The maximum atomic E-state index is 13.4. The van der Waals surface area contributed by atoms with E-state index in [1.165, 1.54) is 24.8 Å². The highest BCUT2D eigenvalue weighted by Crippen LogP contribution is 2.72. The average Bonchev–Trinajstić information content (AvgIpc) is 2.88. The molecule has 1 N–H and O–H groups in total. The molecule has 0 aromatic heterocycles. The van der Waals surface area contributed by atoms with E-state index in [1.807, 2.05) is 6.07 Å². The minimum atomic E-state index is -0.110. The molecule has 3 aliphatic rings. The van der Waals surface area contributed by atoms with Crippen LogP contribution in [0.1, 0.15) is 49.8 Å². The van der Waals surface area contributed by atoms with Gasteiger partial charge in [-0.25, -0.2) is 4.39 Å². The van der Waals surface area contributed by atoms with Crippen LogP contribution in [0.25, 0.3) is 0 Å². The zero-order valence-corrected chi connectivity index (χ0v) is 13.1. The minimum absolute atomic E-state index is 0.110. The number of hydrogen-bond donors (Lipinski definition) is 1. The highest BCUT2D eigenvalue weighted by atomic mass is 19.1. The van der Waals surface area contributed by atoms with Crippen LogP contribution in [0.4, 0.5) is 4.39 Å². The molecular formula is C19H26FN. The van der Waals surface area contributed by atoms with Gasteiger partial charge in [0.2, 0.25) is 0 Å². The lowest BCUT2D eigenvalue weighted by atomic mass is 9.90. The smallest absolute Gasteiger partial charge is 0.123 e. The van der Waals surface area contributed by atoms with Crippen LogP contribution >= 0.6 is 0 Å². The second-order valence-electron chi connectivity index (χ2n) is 7.50. The lowest BCUT2D eigenvalue weighted by molar-refractivity contribution is 0.369. The third-order valence-electron chi connectivity index (χ3n) is 6.36. The van der Waals surface area contributed by atoms with Gasteiger partial charge in [0.15, 0.2) is 0 Å². The standard InChI is InChI=1S/C19H26FN/c1-3-8-21-19(15-7-6-14(20)9-11(15)2)18-16-12-4-5-13(10-12)17(16)18/h6-7,9,12-13,16-19,21H,3-5,8,10H2,1-2H3. The third kappa shape index (κ3) is 2.14. The van der Waals surface area contributed by atoms with Gasteiger partial charge in [0, 0.05) is 6.04 Å². The highest BCUT2D eigenvalue weighted by molar-refractivity contribution is 5.33. The lowest BCUT2D eigenvalue weighted by Gasteiger charge is -2.24. The van der Waals surface area contributed by atoms with Gasteiger partial charge in [0.1, 0.15) is 5.82 Å². The SMILES string of the molecule is CCCNC(c1ccc(F)cc1C)C1C2C3CCC(C3)C21. The maximum Gasteiger partial charge on any atom is 0.123 e. The Morgan fingerprint density at radius 2 is 1.95 bits per heavy atom. The van der Waals surface area contributed by atoms with Crippen LogP contribution < -0.4 is 5.32 Å². The van der Waals surface area contributed by atoms with Gasteiger partial charge in [-0.3, -0.25) is 0 Å². The van der Waals surface area contributed by atoms with E-state index in [4.69, 9.17) is 0 Å². The number of fused-ring (bicyclic) bond motifs is 5. The first-order chi connectivity index (χ1) is 10.2. The molecule has 2 bridgehead atoms. The quantitative estimate of drug-likeness (QED) is 0.842. The van der Waals surface area contributed by atoms with Gasteiger partial charge in [0.25, 0.3) is 0 Å². The predicted molar refractivity (Wildman–Crippen MR) is 83.5 cm³/mol. The largest absolute Gasteiger partial charge is 0.310 e. The topological polar surface area (TPSA) is 12.0 Å². The maximum absolute atomic E-state index is 13.4. The van der Waals surface area contributed by atoms with Crippen LogP contribution in [0, 0.1) is 42.3 Å². The molecule has 1 aromatic carbocycles. The fourth-order valence-corrected chi connectivity index (χ4v) is 5.58. The Morgan fingerprint density at radius 3 is 2.57 bits per heavy atom. The van der Waals surface area contributed by atoms with E-state index in [-0.39, 0.29) is 5.82 Å². The molecule has 3 fully saturated rings. The van der Waals surface area contributed by atoms with Gasteiger partial charge in [-0.1, -0.05) is 13.0 Å². The molecule has 4 rings (SSSR count). The molecule has 21 heavy (non-hydrogen) atoms. The third-order valence-corrected chi connectivity index (χ3v) is 6.36. The molecule has 0 radical (unpaired) electrons. The summed E-state index contributed by atoms with van der Waals surface area (Å²) in [6.45, 7) is 5.34. The summed E-state index contributed by atoms with van der Waals surface area (Å²) in [5.41, 5.74) is 2.45. The molecule has 5 unspecified atom stereocenters. The van der Waals surface area contributed by atoms with Crippen LogP contribution in [0.5, 0.6) is 0 Å². The second-order valence-corrected chi connectivity index (χ2v) is 7.50. The van der Waals surface area contributed by atoms with E-state index in [1.54, 1.807) is 12.1 Å². The Morgan fingerprint density at radius 1 is 1.24 bits per heavy atom. The summed E-state index contributed by atoms with van der Waals surface area (Å²) in [5, 5.41) is 3.78. The summed E-state index contributed by atoms with van der Waals surface area (Å²) in [7, 11) is 0. The second kappa shape index (κ2) is 5.08. The molecule has 1 aromatic rings. The van der Waals surface area contributed by atoms with E-state index < -0.39 is 0 Å². The average molecular weight is 287 g/mol. The van der Waals surface area contributed by atoms with E-state index in [2.05, 4.69) is 19.2 Å². The molecule has 0 saturated heterocycles. The van der Waals surface area contributed by atoms with Crippen LogP contribution in [-0.4, -0.2) is 6.54 Å². The zero-order valence-electron chi connectivity index (χ0n) is 13.1. The van der Waals surface area contributed by atoms with E-state index in [9.17, 15) is 4.39 Å². The molecule has 114 valence electrons.